The predicted molar refractivity (Wildman–Crippen MR) is 126 cm³/mol. The smallest absolute Gasteiger partial charge is 0.387 e. The Kier molecular flexibility index (Phi) is 12.9. The van der Waals surface area contributed by atoms with Crippen molar-refractivity contribution in [1.29, 1.82) is 0 Å². The number of nitrogens with one attached hydrogen (secondary N) is 2. The molecular weight excluding hydrogens is 507 g/mol. The lowest BCUT2D eigenvalue weighted by Gasteiger charge is -2.20. The van der Waals surface area contributed by atoms with Gasteiger partial charge in [-0.2, -0.15) is 8.78 Å². The van der Waals surface area contributed by atoms with Crippen molar-refractivity contribution in [3.05, 3.63) is 23.8 Å². The van der Waals surface area contributed by atoms with E-state index in [1.165, 1.54) is 19.6 Å². The highest BCUT2D eigenvalue weighted by Crippen LogP contribution is 2.25. The molecular formula is C20H34F2IN5O2. The van der Waals surface area contributed by atoms with Crippen LogP contribution in [0.15, 0.2) is 23.2 Å². The molecule has 1 aliphatic rings. The third-order valence-corrected chi connectivity index (χ3v) is 4.91. The van der Waals surface area contributed by atoms with Gasteiger partial charge in [0.15, 0.2) is 5.96 Å². The van der Waals surface area contributed by atoms with Gasteiger partial charge in [0.1, 0.15) is 11.5 Å². The van der Waals surface area contributed by atoms with Crippen molar-refractivity contribution >= 4 is 29.9 Å². The van der Waals surface area contributed by atoms with Crippen molar-refractivity contribution in [3.63, 3.8) is 0 Å². The van der Waals surface area contributed by atoms with Crippen molar-refractivity contribution in [2.45, 2.75) is 26.0 Å². The molecule has 10 heteroatoms. The lowest BCUT2D eigenvalue weighted by atomic mass is 10.2. The average molecular weight is 541 g/mol. The Morgan fingerprint density at radius 2 is 2.00 bits per heavy atom. The fourth-order valence-electron chi connectivity index (χ4n) is 3.26. The van der Waals surface area contributed by atoms with Crippen LogP contribution in [0.2, 0.25) is 0 Å². The number of hydrogen-bond acceptors (Lipinski definition) is 5. The van der Waals surface area contributed by atoms with Crippen LogP contribution in [0.25, 0.3) is 0 Å². The van der Waals surface area contributed by atoms with Gasteiger partial charge in [-0.25, -0.2) is 0 Å². The Labute approximate surface area is 195 Å². The van der Waals surface area contributed by atoms with E-state index in [1.54, 1.807) is 19.2 Å². The van der Waals surface area contributed by atoms with Gasteiger partial charge < -0.3 is 29.9 Å². The molecule has 1 aromatic carbocycles. The first-order valence-corrected chi connectivity index (χ1v) is 9.99. The summed E-state index contributed by atoms with van der Waals surface area (Å²) in [6, 6.07) is 4.75. The molecule has 2 N–H and O–H groups in total. The minimum atomic E-state index is -2.88. The van der Waals surface area contributed by atoms with E-state index < -0.39 is 6.61 Å². The van der Waals surface area contributed by atoms with E-state index in [0.29, 0.717) is 17.3 Å². The maximum atomic E-state index is 12.6. The zero-order valence-electron chi connectivity index (χ0n) is 18.0. The zero-order valence-corrected chi connectivity index (χ0v) is 20.3. The molecule has 0 spiro atoms. The van der Waals surface area contributed by atoms with Crippen LogP contribution in [-0.4, -0.2) is 82.8 Å². The maximum absolute atomic E-state index is 12.6. The molecule has 1 aliphatic heterocycles. The largest absolute Gasteiger partial charge is 0.497 e. The van der Waals surface area contributed by atoms with Gasteiger partial charge in [0.2, 0.25) is 0 Å². The van der Waals surface area contributed by atoms with Crippen LogP contribution in [0.3, 0.4) is 0 Å². The topological polar surface area (TPSA) is 61.4 Å². The molecule has 30 heavy (non-hydrogen) atoms. The molecule has 7 nitrogen and oxygen atoms in total. The number of likely N-dealkylation sites (N-methyl/N-ethyl adjacent to an activating group) is 1. The number of guanidine groups is 1. The molecule has 0 radical (unpaired) electrons. The Morgan fingerprint density at radius 3 is 2.70 bits per heavy atom. The van der Waals surface area contributed by atoms with Crippen LogP contribution >= 0.6 is 24.0 Å². The van der Waals surface area contributed by atoms with E-state index >= 15 is 0 Å². The van der Waals surface area contributed by atoms with Crippen molar-refractivity contribution in [3.8, 4) is 11.5 Å². The number of benzene rings is 1. The molecule has 1 heterocycles. The Hall–Kier alpha value is -1.40. The quantitative estimate of drug-likeness (QED) is 0.217. The van der Waals surface area contributed by atoms with Gasteiger partial charge in [-0.05, 0) is 57.7 Å². The van der Waals surface area contributed by atoms with Crippen molar-refractivity contribution < 1.29 is 18.3 Å². The number of rotatable bonds is 9. The summed E-state index contributed by atoms with van der Waals surface area (Å²) in [7, 11) is 5.38. The standard InChI is InChI=1S/C20H33F2N5O2.HI/c1-23-20(24-8-4-10-27-11-5-9-26(2)12-13-27)25-15-16-14-17(28-3)6-7-18(16)29-19(21)22;/h6-7,14,19H,4-5,8-13,15H2,1-3H3,(H2,23,24,25);1H. The molecule has 0 bridgehead atoms. The zero-order chi connectivity index (χ0) is 21.1. The molecule has 172 valence electrons. The minimum absolute atomic E-state index is 0. The minimum Gasteiger partial charge on any atom is -0.497 e. The number of methoxy groups -OCH3 is 1. The highest BCUT2D eigenvalue weighted by atomic mass is 127. The second-order valence-corrected chi connectivity index (χ2v) is 7.06. The van der Waals surface area contributed by atoms with Crippen molar-refractivity contribution in [2.24, 2.45) is 4.99 Å². The molecule has 0 unspecified atom stereocenters. The highest BCUT2D eigenvalue weighted by Gasteiger charge is 2.13. The number of nitrogens with zero attached hydrogens (tertiary/aromatic N) is 3. The Balaban J connectivity index is 0.00000450. The fraction of sp³-hybridized carbons (Fsp3) is 0.650. The van der Waals surface area contributed by atoms with Gasteiger partial charge >= 0.3 is 6.61 Å². The van der Waals surface area contributed by atoms with Crippen LogP contribution in [0.4, 0.5) is 8.78 Å². The Morgan fingerprint density at radius 1 is 1.20 bits per heavy atom. The molecule has 0 aliphatic carbocycles. The molecule has 1 fully saturated rings. The summed E-state index contributed by atoms with van der Waals surface area (Å²) in [6.45, 7) is 3.75. The lowest BCUT2D eigenvalue weighted by Crippen LogP contribution is -2.38. The van der Waals surface area contributed by atoms with Gasteiger partial charge in [0.05, 0.1) is 7.11 Å². The van der Waals surface area contributed by atoms with E-state index in [4.69, 9.17) is 4.74 Å². The first kappa shape index (κ1) is 26.6. The van der Waals surface area contributed by atoms with Crippen LogP contribution < -0.4 is 20.1 Å². The van der Waals surface area contributed by atoms with Crippen molar-refractivity contribution in [1.82, 2.24) is 20.4 Å². The number of aliphatic imine (C=N–C) groups is 1. The molecule has 0 atom stereocenters. The van der Waals surface area contributed by atoms with Gasteiger partial charge in [0.25, 0.3) is 0 Å². The summed E-state index contributed by atoms with van der Waals surface area (Å²) >= 11 is 0. The second kappa shape index (κ2) is 14.6. The third-order valence-electron chi connectivity index (χ3n) is 4.91. The monoisotopic (exact) mass is 541 g/mol. The molecule has 0 aromatic heterocycles. The van der Waals surface area contributed by atoms with Gasteiger partial charge in [0, 0.05) is 38.8 Å². The first-order valence-electron chi connectivity index (χ1n) is 9.99. The van der Waals surface area contributed by atoms with Crippen LogP contribution in [-0.2, 0) is 6.54 Å². The van der Waals surface area contributed by atoms with E-state index in [2.05, 4.69) is 37.2 Å². The Bertz CT molecular complexity index is 652. The van der Waals surface area contributed by atoms with Crippen LogP contribution in [0, 0.1) is 0 Å². The van der Waals surface area contributed by atoms with Crippen LogP contribution in [0.5, 0.6) is 11.5 Å². The highest BCUT2D eigenvalue weighted by molar-refractivity contribution is 14.0. The summed E-state index contributed by atoms with van der Waals surface area (Å²) in [5.41, 5.74) is 0.571. The lowest BCUT2D eigenvalue weighted by molar-refractivity contribution is -0.0504. The van der Waals surface area contributed by atoms with Crippen LogP contribution in [0.1, 0.15) is 18.4 Å². The SMILES string of the molecule is CN=C(NCCCN1CCCN(C)CC1)NCc1cc(OC)ccc1OC(F)F.I. The summed E-state index contributed by atoms with van der Waals surface area (Å²) in [5.74, 6) is 1.32. The third kappa shape index (κ3) is 9.61. The average Bonchev–Trinajstić information content (AvgIpc) is 2.92. The van der Waals surface area contributed by atoms with Gasteiger partial charge in [-0.1, -0.05) is 0 Å². The van der Waals surface area contributed by atoms with Gasteiger partial charge in [-0.15, -0.1) is 24.0 Å². The molecule has 2 rings (SSSR count). The summed E-state index contributed by atoms with van der Waals surface area (Å²) < 4.78 is 35.0. The molecule has 0 amide bonds. The van der Waals surface area contributed by atoms with Gasteiger partial charge in [-0.3, -0.25) is 4.99 Å². The number of ether oxygens (including phenoxy) is 2. The number of halogens is 3. The normalized spacial score (nSPS) is 16.0. The summed E-state index contributed by atoms with van der Waals surface area (Å²) in [4.78, 5) is 9.06. The maximum Gasteiger partial charge on any atom is 0.387 e. The first-order chi connectivity index (χ1) is 14.0. The van der Waals surface area contributed by atoms with E-state index in [-0.39, 0.29) is 36.3 Å². The van der Waals surface area contributed by atoms with E-state index in [0.717, 1.165) is 45.7 Å². The second-order valence-electron chi connectivity index (χ2n) is 7.06. The fourth-order valence-corrected chi connectivity index (χ4v) is 3.26. The molecule has 0 saturated carbocycles. The molecule has 1 saturated heterocycles. The van der Waals surface area contributed by atoms with Crippen molar-refractivity contribution in [2.75, 3.05) is 60.5 Å². The van der Waals surface area contributed by atoms with E-state index in [9.17, 15) is 8.78 Å². The molecule has 1 aromatic rings. The predicted octanol–water partition coefficient (Wildman–Crippen LogP) is 2.61. The summed E-state index contributed by atoms with van der Waals surface area (Å²) in [6.07, 6.45) is 2.21. The number of hydrogen-bond donors (Lipinski definition) is 2. The summed E-state index contributed by atoms with van der Waals surface area (Å²) in [5, 5.41) is 6.42. The number of alkyl halides is 2. The van der Waals surface area contributed by atoms with E-state index in [1.807, 2.05) is 0 Å².